The Balaban J connectivity index is 1.93. The fourth-order valence-corrected chi connectivity index (χ4v) is 2.28. The molecule has 0 aliphatic rings. The summed E-state index contributed by atoms with van der Waals surface area (Å²) in [4.78, 5) is 12.1. The summed E-state index contributed by atoms with van der Waals surface area (Å²) >= 11 is 6.12. The number of carbonyl (C=O) groups excluding carboxylic acids is 1. The molecule has 0 fully saturated rings. The Hall–Kier alpha value is -2.07. The molecular formula is C18H19ClFNO2. The largest absolute Gasteiger partial charge is 0.481 e. The number of aryl methyl sites for hydroxylation is 2. The lowest BCUT2D eigenvalue weighted by atomic mass is 10.1. The summed E-state index contributed by atoms with van der Waals surface area (Å²) < 4.78 is 18.5. The van der Waals surface area contributed by atoms with Crippen molar-refractivity contribution < 1.29 is 13.9 Å². The number of hydrogen-bond donors (Lipinski definition) is 1. The monoisotopic (exact) mass is 335 g/mol. The molecule has 1 N–H and O–H groups in total. The van der Waals surface area contributed by atoms with E-state index in [4.69, 9.17) is 16.3 Å². The first-order valence-electron chi connectivity index (χ1n) is 7.32. The standard InChI is InChI=1S/C18H19ClFNO2/c1-11-8-16(9-12(2)17(11)19)23-13(3)18(22)21-10-14-4-6-15(20)7-5-14/h4-9,13H,10H2,1-3H3,(H,21,22)/t13-/m0/s1. The number of rotatable bonds is 5. The van der Waals surface area contributed by atoms with Crippen LogP contribution >= 0.6 is 11.6 Å². The Labute approximate surface area is 140 Å². The Morgan fingerprint density at radius 1 is 1.22 bits per heavy atom. The first kappa shape index (κ1) is 17.3. The van der Waals surface area contributed by atoms with Gasteiger partial charge in [-0.2, -0.15) is 0 Å². The van der Waals surface area contributed by atoms with Gasteiger partial charge >= 0.3 is 0 Å². The lowest BCUT2D eigenvalue weighted by molar-refractivity contribution is -0.127. The molecular weight excluding hydrogens is 317 g/mol. The molecule has 1 amide bonds. The van der Waals surface area contributed by atoms with Gasteiger partial charge in [0.1, 0.15) is 11.6 Å². The maximum atomic E-state index is 12.8. The predicted octanol–water partition coefficient (Wildman–Crippen LogP) is 4.18. The van der Waals surface area contributed by atoms with Gasteiger partial charge in [0, 0.05) is 11.6 Å². The molecule has 0 saturated heterocycles. The van der Waals surface area contributed by atoms with Crippen molar-refractivity contribution in [1.82, 2.24) is 5.32 Å². The van der Waals surface area contributed by atoms with Crippen LogP contribution in [0.2, 0.25) is 5.02 Å². The molecule has 2 aromatic rings. The van der Waals surface area contributed by atoms with Crippen LogP contribution in [0.25, 0.3) is 0 Å². The van der Waals surface area contributed by atoms with E-state index in [-0.39, 0.29) is 11.7 Å². The van der Waals surface area contributed by atoms with E-state index in [1.165, 1.54) is 12.1 Å². The summed E-state index contributed by atoms with van der Waals surface area (Å²) in [6.45, 7) is 5.79. The van der Waals surface area contributed by atoms with E-state index in [1.807, 2.05) is 13.8 Å². The molecule has 0 spiro atoms. The van der Waals surface area contributed by atoms with E-state index >= 15 is 0 Å². The first-order chi connectivity index (χ1) is 10.9. The second-order valence-corrected chi connectivity index (χ2v) is 5.85. The SMILES string of the molecule is Cc1cc(O[C@@H](C)C(=O)NCc2ccc(F)cc2)cc(C)c1Cl. The molecule has 23 heavy (non-hydrogen) atoms. The van der Waals surface area contributed by atoms with Crippen LogP contribution < -0.4 is 10.1 Å². The molecule has 0 heterocycles. The van der Waals surface area contributed by atoms with E-state index in [0.717, 1.165) is 16.7 Å². The van der Waals surface area contributed by atoms with Crippen LogP contribution in [-0.4, -0.2) is 12.0 Å². The summed E-state index contributed by atoms with van der Waals surface area (Å²) in [5.74, 6) is 0.0682. The zero-order valence-electron chi connectivity index (χ0n) is 13.3. The summed E-state index contributed by atoms with van der Waals surface area (Å²) in [6.07, 6.45) is -0.643. The maximum absolute atomic E-state index is 12.8. The minimum Gasteiger partial charge on any atom is -0.481 e. The van der Waals surface area contributed by atoms with E-state index in [9.17, 15) is 9.18 Å². The van der Waals surface area contributed by atoms with Crippen LogP contribution in [0.3, 0.4) is 0 Å². The number of benzene rings is 2. The zero-order valence-corrected chi connectivity index (χ0v) is 14.1. The fraction of sp³-hybridized carbons (Fsp3) is 0.278. The number of hydrogen-bond acceptors (Lipinski definition) is 2. The number of ether oxygens (including phenoxy) is 1. The third kappa shape index (κ3) is 4.70. The Kier molecular flexibility index (Phi) is 5.61. The molecule has 2 rings (SSSR count). The topological polar surface area (TPSA) is 38.3 Å². The van der Waals surface area contributed by atoms with Crippen molar-refractivity contribution in [3.05, 3.63) is 63.9 Å². The lowest BCUT2D eigenvalue weighted by Crippen LogP contribution is -2.35. The minimum absolute atomic E-state index is 0.236. The van der Waals surface area contributed by atoms with Crippen LogP contribution in [0, 0.1) is 19.7 Å². The first-order valence-corrected chi connectivity index (χ1v) is 7.70. The second kappa shape index (κ2) is 7.47. The summed E-state index contributed by atoms with van der Waals surface area (Å²) in [5, 5.41) is 3.47. The van der Waals surface area contributed by atoms with Crippen molar-refractivity contribution in [1.29, 1.82) is 0 Å². The summed E-state index contributed by atoms with van der Waals surface area (Å²) in [7, 11) is 0. The van der Waals surface area contributed by atoms with Crippen molar-refractivity contribution in [2.75, 3.05) is 0 Å². The maximum Gasteiger partial charge on any atom is 0.261 e. The van der Waals surface area contributed by atoms with E-state index in [1.54, 1.807) is 31.2 Å². The van der Waals surface area contributed by atoms with Crippen LogP contribution in [0.1, 0.15) is 23.6 Å². The molecule has 122 valence electrons. The molecule has 3 nitrogen and oxygen atoms in total. The van der Waals surface area contributed by atoms with Gasteiger partial charge in [0.15, 0.2) is 6.10 Å². The predicted molar refractivity (Wildman–Crippen MR) is 89.3 cm³/mol. The van der Waals surface area contributed by atoms with Gasteiger partial charge in [-0.15, -0.1) is 0 Å². The average molecular weight is 336 g/mol. The number of carbonyl (C=O) groups is 1. The highest BCUT2D eigenvalue weighted by molar-refractivity contribution is 6.32. The van der Waals surface area contributed by atoms with Crippen LogP contribution in [0.15, 0.2) is 36.4 Å². The van der Waals surface area contributed by atoms with E-state index in [0.29, 0.717) is 17.3 Å². The van der Waals surface area contributed by atoms with Crippen molar-refractivity contribution in [3.63, 3.8) is 0 Å². The smallest absolute Gasteiger partial charge is 0.261 e. The summed E-state index contributed by atoms with van der Waals surface area (Å²) in [6, 6.07) is 9.60. The molecule has 2 aromatic carbocycles. The third-order valence-electron chi connectivity index (χ3n) is 3.47. The van der Waals surface area contributed by atoms with Crippen LogP contribution in [-0.2, 0) is 11.3 Å². The van der Waals surface area contributed by atoms with Crippen LogP contribution in [0.5, 0.6) is 5.75 Å². The van der Waals surface area contributed by atoms with E-state index in [2.05, 4.69) is 5.32 Å². The third-order valence-corrected chi connectivity index (χ3v) is 4.07. The molecule has 0 saturated carbocycles. The van der Waals surface area contributed by atoms with Gasteiger partial charge in [0.25, 0.3) is 5.91 Å². The number of amides is 1. The normalized spacial score (nSPS) is 11.9. The highest BCUT2D eigenvalue weighted by Gasteiger charge is 2.15. The van der Waals surface area contributed by atoms with Gasteiger partial charge < -0.3 is 10.1 Å². The highest BCUT2D eigenvalue weighted by atomic mass is 35.5. The van der Waals surface area contributed by atoms with Gasteiger partial charge in [-0.05, 0) is 61.7 Å². The fourth-order valence-electron chi connectivity index (χ4n) is 2.17. The quantitative estimate of drug-likeness (QED) is 0.890. The molecule has 0 unspecified atom stereocenters. The molecule has 0 aliphatic heterocycles. The minimum atomic E-state index is -0.643. The Morgan fingerprint density at radius 3 is 2.35 bits per heavy atom. The van der Waals surface area contributed by atoms with Crippen molar-refractivity contribution in [2.24, 2.45) is 0 Å². The van der Waals surface area contributed by atoms with Gasteiger partial charge in [0.05, 0.1) is 0 Å². The number of halogens is 2. The lowest BCUT2D eigenvalue weighted by Gasteiger charge is -2.16. The number of nitrogens with one attached hydrogen (secondary N) is 1. The van der Waals surface area contributed by atoms with Gasteiger partial charge in [0.2, 0.25) is 0 Å². The molecule has 0 bridgehead atoms. The van der Waals surface area contributed by atoms with Gasteiger partial charge in [-0.1, -0.05) is 23.7 Å². The molecule has 0 aromatic heterocycles. The summed E-state index contributed by atoms with van der Waals surface area (Å²) in [5.41, 5.74) is 2.63. The Morgan fingerprint density at radius 2 is 1.78 bits per heavy atom. The Bertz CT molecular complexity index is 678. The molecule has 0 aliphatic carbocycles. The molecule has 1 atom stereocenters. The molecule has 0 radical (unpaired) electrons. The van der Waals surface area contributed by atoms with E-state index < -0.39 is 6.10 Å². The van der Waals surface area contributed by atoms with Crippen molar-refractivity contribution in [2.45, 2.75) is 33.4 Å². The molecule has 5 heteroatoms. The van der Waals surface area contributed by atoms with Crippen molar-refractivity contribution >= 4 is 17.5 Å². The average Bonchev–Trinajstić information content (AvgIpc) is 2.51. The van der Waals surface area contributed by atoms with Crippen molar-refractivity contribution in [3.8, 4) is 5.75 Å². The second-order valence-electron chi connectivity index (χ2n) is 5.48. The van der Waals surface area contributed by atoms with Gasteiger partial charge in [-0.3, -0.25) is 4.79 Å². The van der Waals surface area contributed by atoms with Crippen LogP contribution in [0.4, 0.5) is 4.39 Å². The zero-order chi connectivity index (χ0) is 17.0. The highest BCUT2D eigenvalue weighted by Crippen LogP contribution is 2.26. The van der Waals surface area contributed by atoms with Gasteiger partial charge in [-0.25, -0.2) is 4.39 Å².